The molecular weight excluding hydrogens is 444 g/mol. The molecule has 3 heterocycles. The van der Waals surface area contributed by atoms with Crippen LogP contribution in [0.3, 0.4) is 0 Å². The fraction of sp³-hybridized carbons (Fsp3) is 0.233. The quantitative estimate of drug-likeness (QED) is 0.228. The van der Waals surface area contributed by atoms with E-state index in [4.69, 9.17) is 16.1 Å². The molecule has 1 unspecified atom stereocenters. The van der Waals surface area contributed by atoms with Crippen molar-refractivity contribution < 1.29 is 0 Å². The Labute approximate surface area is 210 Å². The standard InChI is InChI=1S/C30H30N6/c31-29(32)27-13-12-26(24-6-1-2-7-25(24)27)28-18-35-36-19-23(17-34-30(28)36)22-10-8-21(9-11-22)20-5-3-4-15-33-16-14-20/h1-2,6-13,17-20,33H,3-5,14-16H2,(H3,31,32). The second-order valence-electron chi connectivity index (χ2n) is 9.64. The number of hydrogen-bond donors (Lipinski definition) is 3. The lowest BCUT2D eigenvalue weighted by Gasteiger charge is -2.21. The molecule has 5 aromatic rings. The summed E-state index contributed by atoms with van der Waals surface area (Å²) in [5.74, 6) is 0.697. The van der Waals surface area contributed by atoms with Gasteiger partial charge in [0.2, 0.25) is 0 Å². The number of hydrogen-bond acceptors (Lipinski definition) is 4. The molecule has 1 atom stereocenters. The fourth-order valence-corrected chi connectivity index (χ4v) is 5.45. The Morgan fingerprint density at radius 2 is 1.69 bits per heavy atom. The zero-order chi connectivity index (χ0) is 24.5. The van der Waals surface area contributed by atoms with Crippen LogP contribution in [0.25, 0.3) is 38.7 Å². The van der Waals surface area contributed by atoms with E-state index in [1.54, 1.807) is 0 Å². The van der Waals surface area contributed by atoms with E-state index in [0.717, 1.165) is 57.3 Å². The Hall–Kier alpha value is -4.03. The van der Waals surface area contributed by atoms with Gasteiger partial charge in [-0.1, -0.05) is 67.1 Å². The third-order valence-corrected chi connectivity index (χ3v) is 7.40. The number of aromatic nitrogens is 3. The Kier molecular flexibility index (Phi) is 5.95. The summed E-state index contributed by atoms with van der Waals surface area (Å²) in [7, 11) is 0. The average molecular weight is 475 g/mol. The molecule has 1 saturated heterocycles. The van der Waals surface area contributed by atoms with Gasteiger partial charge in [-0.25, -0.2) is 9.50 Å². The zero-order valence-corrected chi connectivity index (χ0v) is 20.2. The first-order valence-electron chi connectivity index (χ1n) is 12.7. The van der Waals surface area contributed by atoms with Crippen LogP contribution in [0.1, 0.15) is 42.7 Å². The normalized spacial score (nSPS) is 16.6. The van der Waals surface area contributed by atoms with Crippen molar-refractivity contribution in [1.29, 1.82) is 5.41 Å². The second kappa shape index (κ2) is 9.55. The van der Waals surface area contributed by atoms with Gasteiger partial charge in [0.1, 0.15) is 5.84 Å². The molecule has 2 aromatic heterocycles. The predicted octanol–water partition coefficient (Wildman–Crippen LogP) is 5.75. The number of nitrogen functional groups attached to an aromatic ring is 1. The molecule has 1 aliphatic heterocycles. The number of fused-ring (bicyclic) bond motifs is 2. The summed E-state index contributed by atoms with van der Waals surface area (Å²) in [4.78, 5) is 4.82. The summed E-state index contributed by atoms with van der Waals surface area (Å²) in [5, 5.41) is 18.1. The first kappa shape index (κ1) is 22.4. The number of rotatable bonds is 4. The molecule has 0 amide bonds. The van der Waals surface area contributed by atoms with Crippen LogP contribution < -0.4 is 11.1 Å². The molecule has 180 valence electrons. The van der Waals surface area contributed by atoms with E-state index in [-0.39, 0.29) is 5.84 Å². The number of benzene rings is 3. The minimum absolute atomic E-state index is 0.0672. The van der Waals surface area contributed by atoms with Gasteiger partial charge < -0.3 is 11.1 Å². The van der Waals surface area contributed by atoms with Crippen molar-refractivity contribution in [2.45, 2.75) is 31.6 Å². The molecule has 1 aliphatic rings. The van der Waals surface area contributed by atoms with E-state index < -0.39 is 0 Å². The maximum Gasteiger partial charge on any atom is 0.162 e. The highest BCUT2D eigenvalue weighted by Crippen LogP contribution is 2.34. The van der Waals surface area contributed by atoms with Crippen molar-refractivity contribution in [3.8, 4) is 22.3 Å². The van der Waals surface area contributed by atoms with Crippen molar-refractivity contribution in [2.75, 3.05) is 13.1 Å². The fourth-order valence-electron chi connectivity index (χ4n) is 5.45. The molecule has 4 N–H and O–H groups in total. The third-order valence-electron chi connectivity index (χ3n) is 7.40. The van der Waals surface area contributed by atoms with E-state index in [2.05, 4.69) is 40.7 Å². The molecular formula is C30H30N6. The number of nitrogens with two attached hydrogens (primary N) is 1. The molecule has 6 heteroatoms. The van der Waals surface area contributed by atoms with Crippen LogP contribution in [-0.2, 0) is 0 Å². The van der Waals surface area contributed by atoms with Gasteiger partial charge in [0.05, 0.1) is 6.20 Å². The molecule has 6 rings (SSSR count). The lowest BCUT2D eigenvalue weighted by molar-refractivity contribution is 0.467. The summed E-state index contributed by atoms with van der Waals surface area (Å²) < 4.78 is 1.85. The van der Waals surface area contributed by atoms with Crippen LogP contribution in [0, 0.1) is 5.41 Å². The lowest BCUT2D eigenvalue weighted by Crippen LogP contribution is -2.21. The Morgan fingerprint density at radius 3 is 2.53 bits per heavy atom. The van der Waals surface area contributed by atoms with Crippen molar-refractivity contribution in [1.82, 2.24) is 19.9 Å². The highest BCUT2D eigenvalue weighted by Gasteiger charge is 2.16. The van der Waals surface area contributed by atoms with Crippen LogP contribution in [-0.4, -0.2) is 33.5 Å². The maximum atomic E-state index is 7.94. The molecule has 1 fully saturated rings. The summed E-state index contributed by atoms with van der Waals surface area (Å²) in [5.41, 5.74) is 13.0. The van der Waals surface area contributed by atoms with E-state index in [1.807, 2.05) is 53.4 Å². The monoisotopic (exact) mass is 474 g/mol. The molecule has 0 aliphatic carbocycles. The van der Waals surface area contributed by atoms with Crippen LogP contribution in [0.15, 0.2) is 79.3 Å². The highest BCUT2D eigenvalue weighted by atomic mass is 15.2. The first-order chi connectivity index (χ1) is 17.7. The van der Waals surface area contributed by atoms with Gasteiger partial charge in [-0.2, -0.15) is 5.10 Å². The number of nitrogens with zero attached hydrogens (tertiary/aromatic N) is 3. The van der Waals surface area contributed by atoms with E-state index >= 15 is 0 Å². The van der Waals surface area contributed by atoms with E-state index in [1.165, 1.54) is 31.2 Å². The smallest absolute Gasteiger partial charge is 0.162 e. The van der Waals surface area contributed by atoms with Crippen molar-refractivity contribution >= 4 is 22.3 Å². The van der Waals surface area contributed by atoms with Gasteiger partial charge in [-0.3, -0.25) is 5.41 Å². The molecule has 0 bridgehead atoms. The van der Waals surface area contributed by atoms with Crippen LogP contribution in [0.2, 0.25) is 0 Å². The second-order valence-corrected chi connectivity index (χ2v) is 9.64. The Balaban J connectivity index is 1.33. The topological polar surface area (TPSA) is 92.1 Å². The molecule has 36 heavy (non-hydrogen) atoms. The van der Waals surface area contributed by atoms with Gasteiger partial charge in [-0.15, -0.1) is 0 Å². The maximum absolute atomic E-state index is 7.94. The van der Waals surface area contributed by atoms with Crippen LogP contribution in [0.5, 0.6) is 0 Å². The summed E-state index contributed by atoms with van der Waals surface area (Å²) in [6.07, 6.45) is 10.9. The van der Waals surface area contributed by atoms with Gasteiger partial charge in [0, 0.05) is 29.1 Å². The molecule has 0 spiro atoms. The third kappa shape index (κ3) is 4.14. The van der Waals surface area contributed by atoms with Gasteiger partial charge >= 0.3 is 0 Å². The van der Waals surface area contributed by atoms with Gasteiger partial charge in [-0.05, 0) is 65.7 Å². The lowest BCUT2D eigenvalue weighted by atomic mass is 9.89. The van der Waals surface area contributed by atoms with Crippen molar-refractivity contribution in [3.63, 3.8) is 0 Å². The van der Waals surface area contributed by atoms with Crippen molar-refractivity contribution in [3.05, 3.63) is 90.4 Å². The van der Waals surface area contributed by atoms with Gasteiger partial charge in [0.25, 0.3) is 0 Å². The van der Waals surface area contributed by atoms with Crippen LogP contribution in [0.4, 0.5) is 0 Å². The Morgan fingerprint density at radius 1 is 0.861 bits per heavy atom. The summed E-state index contributed by atoms with van der Waals surface area (Å²) in [6, 6.07) is 20.9. The first-order valence-corrected chi connectivity index (χ1v) is 12.7. The molecule has 0 saturated carbocycles. The van der Waals surface area contributed by atoms with E-state index in [0.29, 0.717) is 5.92 Å². The molecule has 3 aromatic carbocycles. The average Bonchev–Trinajstić information content (AvgIpc) is 3.31. The van der Waals surface area contributed by atoms with Gasteiger partial charge in [0.15, 0.2) is 5.65 Å². The minimum atomic E-state index is 0.0672. The summed E-state index contributed by atoms with van der Waals surface area (Å²) in [6.45, 7) is 2.25. The molecule has 0 radical (unpaired) electrons. The molecule has 6 nitrogen and oxygen atoms in total. The van der Waals surface area contributed by atoms with Crippen LogP contribution >= 0.6 is 0 Å². The minimum Gasteiger partial charge on any atom is -0.384 e. The summed E-state index contributed by atoms with van der Waals surface area (Å²) >= 11 is 0. The predicted molar refractivity (Wildman–Crippen MR) is 146 cm³/mol. The SMILES string of the molecule is N=C(N)c1ccc(-c2cnn3cc(-c4ccc(C5CCCCNCC5)cc4)cnc23)c2ccccc12. The zero-order valence-electron chi connectivity index (χ0n) is 20.2. The van der Waals surface area contributed by atoms with E-state index in [9.17, 15) is 0 Å². The highest BCUT2D eigenvalue weighted by molar-refractivity contribution is 6.12. The largest absolute Gasteiger partial charge is 0.384 e. The van der Waals surface area contributed by atoms with Crippen molar-refractivity contribution in [2.24, 2.45) is 5.73 Å². The number of amidine groups is 1. The Bertz CT molecular complexity index is 1540. The number of nitrogens with one attached hydrogen (secondary N) is 2.